The second-order valence-electron chi connectivity index (χ2n) is 5.67. The van der Waals surface area contributed by atoms with Gasteiger partial charge in [0, 0.05) is 39.2 Å². The van der Waals surface area contributed by atoms with Crippen LogP contribution in [-0.2, 0) is 11.3 Å². The average molecular weight is 251 g/mol. The van der Waals surface area contributed by atoms with Gasteiger partial charge < -0.3 is 14.6 Å². The van der Waals surface area contributed by atoms with E-state index in [1.165, 1.54) is 25.7 Å². The Hall–Kier alpha value is -1.03. The summed E-state index contributed by atoms with van der Waals surface area (Å²) in [6, 6.07) is 0. The van der Waals surface area contributed by atoms with Crippen molar-refractivity contribution in [1.82, 2.24) is 9.55 Å². The molecule has 1 saturated carbocycles. The van der Waals surface area contributed by atoms with Gasteiger partial charge in [-0.2, -0.15) is 0 Å². The van der Waals surface area contributed by atoms with Gasteiger partial charge in [0.05, 0.1) is 0 Å². The van der Waals surface area contributed by atoms with E-state index in [1.54, 1.807) is 7.11 Å². The Morgan fingerprint density at radius 2 is 2.22 bits per heavy atom. The van der Waals surface area contributed by atoms with Crippen molar-refractivity contribution in [1.29, 1.82) is 0 Å². The molecule has 0 atom stereocenters. The lowest BCUT2D eigenvalue weighted by molar-refractivity contribution is 0.197. The smallest absolute Gasteiger partial charge is 0.202 e. The molecule has 1 aliphatic rings. The van der Waals surface area contributed by atoms with E-state index in [4.69, 9.17) is 4.74 Å². The van der Waals surface area contributed by atoms with Gasteiger partial charge in [-0.1, -0.05) is 19.8 Å². The number of nitrogens with zero attached hydrogens (tertiary/aromatic N) is 2. The minimum atomic E-state index is 0.462. The first-order valence-electron chi connectivity index (χ1n) is 6.97. The number of hydrogen-bond acceptors (Lipinski definition) is 3. The van der Waals surface area contributed by atoms with Crippen LogP contribution in [0, 0.1) is 5.41 Å². The van der Waals surface area contributed by atoms with Crippen LogP contribution in [0.2, 0.25) is 0 Å². The van der Waals surface area contributed by atoms with Crippen LogP contribution in [0.3, 0.4) is 0 Å². The maximum Gasteiger partial charge on any atom is 0.202 e. The summed E-state index contributed by atoms with van der Waals surface area (Å²) in [5.74, 6) is 0.999. The molecule has 0 radical (unpaired) electrons. The number of ether oxygens (including phenoxy) is 1. The van der Waals surface area contributed by atoms with Gasteiger partial charge in [-0.3, -0.25) is 0 Å². The van der Waals surface area contributed by atoms with Gasteiger partial charge in [-0.15, -0.1) is 0 Å². The number of nitrogens with one attached hydrogen (secondary N) is 1. The molecule has 0 amide bonds. The lowest BCUT2D eigenvalue weighted by Crippen LogP contribution is -2.21. The fraction of sp³-hybridized carbons (Fsp3) is 0.786. The Morgan fingerprint density at radius 3 is 2.94 bits per heavy atom. The average Bonchev–Trinajstić information content (AvgIpc) is 2.95. The van der Waals surface area contributed by atoms with Crippen molar-refractivity contribution in [2.24, 2.45) is 5.41 Å². The largest absolute Gasteiger partial charge is 0.385 e. The predicted octanol–water partition coefficient (Wildman–Crippen LogP) is 2.91. The van der Waals surface area contributed by atoms with Gasteiger partial charge in [0.25, 0.3) is 0 Å². The maximum absolute atomic E-state index is 5.05. The van der Waals surface area contributed by atoms with E-state index in [2.05, 4.69) is 28.0 Å². The Morgan fingerprint density at radius 1 is 1.44 bits per heavy atom. The molecule has 102 valence electrons. The molecule has 1 fully saturated rings. The summed E-state index contributed by atoms with van der Waals surface area (Å²) in [5, 5.41) is 3.39. The van der Waals surface area contributed by atoms with E-state index in [1.807, 2.05) is 6.20 Å². The maximum atomic E-state index is 5.05. The summed E-state index contributed by atoms with van der Waals surface area (Å²) >= 11 is 0. The van der Waals surface area contributed by atoms with Crippen LogP contribution in [0.5, 0.6) is 0 Å². The van der Waals surface area contributed by atoms with E-state index in [9.17, 15) is 0 Å². The third kappa shape index (κ3) is 3.48. The monoisotopic (exact) mass is 251 g/mol. The zero-order chi connectivity index (χ0) is 12.8. The summed E-state index contributed by atoms with van der Waals surface area (Å²) in [6.07, 6.45) is 10.4. The van der Waals surface area contributed by atoms with Crippen LogP contribution in [0.25, 0.3) is 0 Å². The number of aromatic nitrogens is 2. The van der Waals surface area contributed by atoms with Gasteiger partial charge in [0.2, 0.25) is 5.95 Å². The molecule has 1 heterocycles. The van der Waals surface area contributed by atoms with E-state index >= 15 is 0 Å². The first kappa shape index (κ1) is 13.4. The van der Waals surface area contributed by atoms with E-state index < -0.39 is 0 Å². The molecule has 0 spiro atoms. The van der Waals surface area contributed by atoms with Gasteiger partial charge in [0.1, 0.15) is 0 Å². The van der Waals surface area contributed by atoms with Gasteiger partial charge >= 0.3 is 0 Å². The molecule has 0 saturated heterocycles. The van der Waals surface area contributed by atoms with E-state index in [0.29, 0.717) is 5.41 Å². The van der Waals surface area contributed by atoms with Crippen molar-refractivity contribution >= 4 is 5.95 Å². The highest BCUT2D eigenvalue weighted by Gasteiger charge is 2.29. The van der Waals surface area contributed by atoms with Gasteiger partial charge in [-0.05, 0) is 24.7 Å². The Kier molecular flexibility index (Phi) is 4.64. The zero-order valence-electron chi connectivity index (χ0n) is 11.6. The molecule has 18 heavy (non-hydrogen) atoms. The molecule has 0 bridgehead atoms. The molecule has 0 aliphatic heterocycles. The molecule has 1 N–H and O–H groups in total. The number of methoxy groups -OCH3 is 1. The molecule has 0 aromatic carbocycles. The molecule has 1 aromatic heterocycles. The second kappa shape index (κ2) is 6.23. The molecule has 1 aromatic rings. The summed E-state index contributed by atoms with van der Waals surface area (Å²) in [5.41, 5.74) is 0.462. The molecule has 0 unspecified atom stereocenters. The lowest BCUT2D eigenvalue weighted by atomic mass is 9.89. The highest BCUT2D eigenvalue weighted by atomic mass is 16.5. The summed E-state index contributed by atoms with van der Waals surface area (Å²) in [6.45, 7) is 5.20. The van der Waals surface area contributed by atoms with Crippen molar-refractivity contribution in [2.45, 2.75) is 45.6 Å². The molecular formula is C14H25N3O. The van der Waals surface area contributed by atoms with Crippen LogP contribution in [0.1, 0.15) is 39.0 Å². The van der Waals surface area contributed by atoms with Gasteiger partial charge in [0.15, 0.2) is 0 Å². The highest BCUT2D eigenvalue weighted by Crippen LogP contribution is 2.39. The summed E-state index contributed by atoms with van der Waals surface area (Å²) in [4.78, 5) is 4.40. The fourth-order valence-electron chi connectivity index (χ4n) is 2.82. The molecule has 4 heteroatoms. The topological polar surface area (TPSA) is 39.1 Å². The van der Waals surface area contributed by atoms with Crippen LogP contribution >= 0.6 is 0 Å². The number of hydrogen-bond donors (Lipinski definition) is 1. The van der Waals surface area contributed by atoms with Crippen molar-refractivity contribution < 1.29 is 4.74 Å². The molecule has 4 nitrogen and oxygen atoms in total. The third-order valence-corrected chi connectivity index (χ3v) is 3.89. The Labute approximate surface area is 110 Å². The van der Waals surface area contributed by atoms with Crippen LogP contribution in [0.15, 0.2) is 12.4 Å². The lowest BCUT2D eigenvalue weighted by Gasteiger charge is -2.25. The zero-order valence-corrected chi connectivity index (χ0v) is 11.6. The highest BCUT2D eigenvalue weighted by molar-refractivity contribution is 5.25. The first-order chi connectivity index (χ1) is 8.73. The quantitative estimate of drug-likeness (QED) is 0.757. The van der Waals surface area contributed by atoms with Crippen LogP contribution in [0.4, 0.5) is 5.95 Å². The number of imidazole rings is 1. The molecule has 1 aliphatic carbocycles. The van der Waals surface area contributed by atoms with E-state index in [-0.39, 0.29) is 0 Å². The van der Waals surface area contributed by atoms with Crippen LogP contribution in [-0.4, -0.2) is 29.8 Å². The van der Waals surface area contributed by atoms with Crippen molar-refractivity contribution in [3.8, 4) is 0 Å². The van der Waals surface area contributed by atoms with Crippen molar-refractivity contribution in [2.75, 3.05) is 25.6 Å². The van der Waals surface area contributed by atoms with E-state index in [0.717, 1.165) is 32.1 Å². The van der Waals surface area contributed by atoms with Crippen LogP contribution < -0.4 is 5.32 Å². The fourth-order valence-corrected chi connectivity index (χ4v) is 2.82. The Bertz CT molecular complexity index is 356. The standard InChI is InChI=1S/C14H25N3O/c1-14(6-3-4-7-14)12-17-10-9-16-13(17)15-8-5-11-18-2/h9-10H,3-8,11-12H2,1-2H3,(H,15,16). The SMILES string of the molecule is COCCCNc1nccn1CC1(C)CCCC1. The number of anilines is 1. The molecule has 2 rings (SSSR count). The summed E-state index contributed by atoms with van der Waals surface area (Å²) < 4.78 is 7.31. The second-order valence-corrected chi connectivity index (χ2v) is 5.67. The van der Waals surface area contributed by atoms with Gasteiger partial charge in [-0.25, -0.2) is 4.98 Å². The molecular weight excluding hydrogens is 226 g/mol. The summed E-state index contributed by atoms with van der Waals surface area (Å²) in [7, 11) is 1.74. The first-order valence-corrected chi connectivity index (χ1v) is 6.97. The van der Waals surface area contributed by atoms with Crippen molar-refractivity contribution in [3.63, 3.8) is 0 Å². The minimum Gasteiger partial charge on any atom is -0.385 e. The Balaban J connectivity index is 1.87. The normalized spacial score (nSPS) is 18.1. The van der Waals surface area contributed by atoms with Crippen molar-refractivity contribution in [3.05, 3.63) is 12.4 Å². The minimum absolute atomic E-state index is 0.462. The predicted molar refractivity (Wildman–Crippen MR) is 73.8 cm³/mol. The number of rotatable bonds is 7. The third-order valence-electron chi connectivity index (χ3n) is 3.89.